The number of carbonyl (C=O) groups is 2. The highest BCUT2D eigenvalue weighted by Gasteiger charge is 2.28. The Morgan fingerprint density at radius 2 is 1.86 bits per heavy atom. The Bertz CT molecular complexity index is 902. The average molecular weight is 398 g/mol. The van der Waals surface area contributed by atoms with Gasteiger partial charge in [0.15, 0.2) is 5.82 Å². The van der Waals surface area contributed by atoms with Gasteiger partial charge in [-0.3, -0.25) is 9.59 Å². The van der Waals surface area contributed by atoms with E-state index in [0.717, 1.165) is 44.2 Å². The lowest BCUT2D eigenvalue weighted by atomic mass is 9.95. The molecule has 0 unspecified atom stereocenters. The van der Waals surface area contributed by atoms with E-state index in [1.807, 2.05) is 4.57 Å². The van der Waals surface area contributed by atoms with Gasteiger partial charge in [-0.2, -0.15) is 0 Å². The van der Waals surface area contributed by atoms with Crippen molar-refractivity contribution in [3.8, 4) is 0 Å². The molecule has 1 aromatic heterocycles. The quantitative estimate of drug-likeness (QED) is 0.811. The molecule has 1 saturated carbocycles. The van der Waals surface area contributed by atoms with Gasteiger partial charge in [-0.05, 0) is 38.2 Å². The van der Waals surface area contributed by atoms with Crippen LogP contribution in [0.4, 0.5) is 4.39 Å². The third-order valence-electron chi connectivity index (χ3n) is 5.87. The lowest BCUT2D eigenvalue weighted by molar-refractivity contribution is 0.0911. The first kappa shape index (κ1) is 19.6. The highest BCUT2D eigenvalue weighted by atomic mass is 19.1. The zero-order chi connectivity index (χ0) is 20.2. The third-order valence-corrected chi connectivity index (χ3v) is 5.87. The summed E-state index contributed by atoms with van der Waals surface area (Å²) in [6.45, 7) is 0.776. The molecule has 4 rings (SSSR count). The minimum absolute atomic E-state index is 0.0847. The molecule has 0 bridgehead atoms. The summed E-state index contributed by atoms with van der Waals surface area (Å²) in [6.07, 6.45) is 8.11. The SMILES string of the molecule is O=C(NCc1ccccc1F)c1nc(C(=O)NC2CCCCC2)n2c1CCCC2. The number of amides is 2. The van der Waals surface area contributed by atoms with Crippen LogP contribution in [0.15, 0.2) is 24.3 Å². The van der Waals surface area contributed by atoms with Gasteiger partial charge in [-0.1, -0.05) is 37.5 Å². The number of benzene rings is 1. The summed E-state index contributed by atoms with van der Waals surface area (Å²) in [7, 11) is 0. The zero-order valence-corrected chi connectivity index (χ0v) is 16.5. The van der Waals surface area contributed by atoms with Crippen molar-refractivity contribution >= 4 is 11.8 Å². The summed E-state index contributed by atoms with van der Waals surface area (Å²) in [5, 5.41) is 5.85. The highest BCUT2D eigenvalue weighted by Crippen LogP contribution is 2.23. The first-order valence-electron chi connectivity index (χ1n) is 10.6. The summed E-state index contributed by atoms with van der Waals surface area (Å²) in [5.41, 5.74) is 1.51. The number of hydrogen-bond acceptors (Lipinski definition) is 3. The highest BCUT2D eigenvalue weighted by molar-refractivity contribution is 5.97. The van der Waals surface area contributed by atoms with Crippen LogP contribution in [0.3, 0.4) is 0 Å². The second-order valence-electron chi connectivity index (χ2n) is 7.92. The second kappa shape index (κ2) is 8.76. The molecule has 29 heavy (non-hydrogen) atoms. The maximum absolute atomic E-state index is 13.8. The van der Waals surface area contributed by atoms with Crippen molar-refractivity contribution in [2.24, 2.45) is 0 Å². The Labute approximate surface area is 169 Å². The molecule has 154 valence electrons. The number of nitrogens with zero attached hydrogens (tertiary/aromatic N) is 2. The summed E-state index contributed by atoms with van der Waals surface area (Å²) < 4.78 is 15.7. The fourth-order valence-corrected chi connectivity index (χ4v) is 4.30. The van der Waals surface area contributed by atoms with Crippen molar-refractivity contribution < 1.29 is 14.0 Å². The summed E-state index contributed by atoms with van der Waals surface area (Å²) in [5.74, 6) is -0.600. The van der Waals surface area contributed by atoms with E-state index in [2.05, 4.69) is 15.6 Å². The molecule has 0 spiro atoms. The first-order chi connectivity index (χ1) is 14.1. The van der Waals surface area contributed by atoms with E-state index in [0.29, 0.717) is 24.4 Å². The van der Waals surface area contributed by atoms with Gasteiger partial charge >= 0.3 is 0 Å². The molecule has 2 aromatic rings. The molecule has 1 aliphatic carbocycles. The number of nitrogens with one attached hydrogen (secondary N) is 2. The lowest BCUT2D eigenvalue weighted by Gasteiger charge is -2.23. The topological polar surface area (TPSA) is 76.0 Å². The van der Waals surface area contributed by atoms with Crippen LogP contribution in [-0.2, 0) is 19.5 Å². The van der Waals surface area contributed by atoms with Crippen LogP contribution < -0.4 is 10.6 Å². The van der Waals surface area contributed by atoms with Crippen LogP contribution >= 0.6 is 0 Å². The second-order valence-corrected chi connectivity index (χ2v) is 7.92. The van der Waals surface area contributed by atoms with Crippen LogP contribution in [0.1, 0.15) is 77.3 Å². The van der Waals surface area contributed by atoms with E-state index in [9.17, 15) is 14.0 Å². The number of halogens is 1. The molecule has 1 aliphatic heterocycles. The maximum atomic E-state index is 13.8. The van der Waals surface area contributed by atoms with Gasteiger partial charge in [0.05, 0.1) is 5.69 Å². The largest absolute Gasteiger partial charge is 0.347 e. The van der Waals surface area contributed by atoms with E-state index in [1.54, 1.807) is 18.2 Å². The lowest BCUT2D eigenvalue weighted by Crippen LogP contribution is -2.37. The smallest absolute Gasteiger partial charge is 0.287 e. The standard InChI is InChI=1S/C22H27FN4O2/c23-17-11-5-4-8-15(17)14-24-21(28)19-18-12-6-7-13-27(18)20(26-19)22(29)25-16-9-2-1-3-10-16/h4-5,8,11,16H,1-3,6-7,9-10,12-14H2,(H,24,28)(H,25,29). The number of hydrogen-bond donors (Lipinski definition) is 2. The molecule has 0 saturated heterocycles. The van der Waals surface area contributed by atoms with Crippen LogP contribution in [-0.4, -0.2) is 27.4 Å². The average Bonchev–Trinajstić information content (AvgIpc) is 3.14. The maximum Gasteiger partial charge on any atom is 0.287 e. The molecule has 7 heteroatoms. The first-order valence-corrected chi connectivity index (χ1v) is 10.6. The Hall–Kier alpha value is -2.70. The minimum Gasteiger partial charge on any atom is -0.347 e. The van der Waals surface area contributed by atoms with E-state index in [1.165, 1.54) is 12.5 Å². The van der Waals surface area contributed by atoms with Crippen molar-refractivity contribution in [2.45, 2.75) is 70.5 Å². The molecule has 0 atom stereocenters. The normalized spacial score (nSPS) is 16.9. The van der Waals surface area contributed by atoms with Gasteiger partial charge in [0.25, 0.3) is 11.8 Å². The predicted octanol–water partition coefficient (Wildman–Crippen LogP) is 3.35. The Balaban J connectivity index is 1.51. The van der Waals surface area contributed by atoms with Gasteiger partial charge in [-0.15, -0.1) is 0 Å². The van der Waals surface area contributed by atoms with Crippen molar-refractivity contribution in [1.29, 1.82) is 0 Å². The fraction of sp³-hybridized carbons (Fsp3) is 0.500. The fourth-order valence-electron chi connectivity index (χ4n) is 4.30. The van der Waals surface area contributed by atoms with E-state index < -0.39 is 0 Å². The van der Waals surface area contributed by atoms with Crippen LogP contribution in [0.2, 0.25) is 0 Å². The third kappa shape index (κ3) is 4.33. The van der Waals surface area contributed by atoms with Crippen LogP contribution in [0.25, 0.3) is 0 Å². The molecule has 6 nitrogen and oxygen atoms in total. The van der Waals surface area contributed by atoms with Gasteiger partial charge < -0.3 is 15.2 Å². The summed E-state index contributed by atoms with van der Waals surface area (Å²) >= 11 is 0. The van der Waals surface area contributed by atoms with Gasteiger partial charge in [0, 0.05) is 24.7 Å². The number of imidazole rings is 1. The number of rotatable bonds is 5. The Morgan fingerprint density at radius 3 is 2.66 bits per heavy atom. The van der Waals surface area contributed by atoms with Gasteiger partial charge in [-0.25, -0.2) is 9.37 Å². The molecular weight excluding hydrogens is 371 g/mol. The molecule has 1 fully saturated rings. The molecule has 2 N–H and O–H groups in total. The number of carbonyl (C=O) groups excluding carboxylic acids is 2. The van der Waals surface area contributed by atoms with Crippen LogP contribution in [0, 0.1) is 5.82 Å². The van der Waals surface area contributed by atoms with Crippen LogP contribution in [0.5, 0.6) is 0 Å². The summed E-state index contributed by atoms with van der Waals surface area (Å²) in [4.78, 5) is 30.1. The van der Waals surface area contributed by atoms with E-state index >= 15 is 0 Å². The predicted molar refractivity (Wildman–Crippen MR) is 107 cm³/mol. The Morgan fingerprint density at radius 1 is 1.07 bits per heavy atom. The van der Waals surface area contributed by atoms with Crippen molar-refractivity contribution in [3.05, 3.63) is 52.9 Å². The molecule has 2 amide bonds. The molecule has 0 radical (unpaired) electrons. The molecule has 1 aromatic carbocycles. The molecule has 2 aliphatic rings. The zero-order valence-electron chi connectivity index (χ0n) is 16.5. The van der Waals surface area contributed by atoms with Gasteiger partial charge in [0.2, 0.25) is 0 Å². The van der Waals surface area contributed by atoms with Gasteiger partial charge in [0.1, 0.15) is 11.5 Å². The van der Waals surface area contributed by atoms with Crippen molar-refractivity contribution in [3.63, 3.8) is 0 Å². The van der Waals surface area contributed by atoms with Crippen molar-refractivity contribution in [1.82, 2.24) is 20.2 Å². The summed E-state index contributed by atoms with van der Waals surface area (Å²) in [6, 6.07) is 6.54. The minimum atomic E-state index is -0.365. The number of aromatic nitrogens is 2. The van der Waals surface area contributed by atoms with E-state index in [4.69, 9.17) is 0 Å². The van der Waals surface area contributed by atoms with Crippen molar-refractivity contribution in [2.75, 3.05) is 0 Å². The molecule has 2 heterocycles. The monoisotopic (exact) mass is 398 g/mol. The van der Waals surface area contributed by atoms with E-state index in [-0.39, 0.29) is 35.9 Å². The Kier molecular flexibility index (Phi) is 5.92. The molecular formula is C22H27FN4O2. The number of fused-ring (bicyclic) bond motifs is 1.